The smallest absolute Gasteiger partial charge is 0.250 e. The molecule has 2 aromatic rings. The van der Waals surface area contributed by atoms with Crippen molar-refractivity contribution < 1.29 is 13.5 Å². The van der Waals surface area contributed by atoms with Gasteiger partial charge in [-0.3, -0.25) is 0 Å². The quantitative estimate of drug-likeness (QED) is 0.545. The van der Waals surface area contributed by atoms with Gasteiger partial charge in [-0.1, -0.05) is 41.9 Å². The zero-order valence-corrected chi connectivity index (χ0v) is 15.5. The molecule has 0 saturated carbocycles. The first-order valence-electron chi connectivity index (χ1n) is 7.65. The summed E-state index contributed by atoms with van der Waals surface area (Å²) in [6, 6.07) is 13.0. The van der Waals surface area contributed by atoms with Crippen molar-refractivity contribution in [3.05, 3.63) is 52.4 Å². The molecule has 0 radical (unpaired) electrons. The van der Waals surface area contributed by atoms with Crippen LogP contribution >= 0.6 is 22.9 Å². The second-order valence-electron chi connectivity index (χ2n) is 5.34. The summed E-state index contributed by atoms with van der Waals surface area (Å²) in [5.74, 6) is 0. The van der Waals surface area contributed by atoms with E-state index >= 15 is 0 Å². The van der Waals surface area contributed by atoms with Crippen molar-refractivity contribution in [2.24, 2.45) is 0 Å². The fourth-order valence-corrected chi connectivity index (χ4v) is 4.69. The highest BCUT2D eigenvalue weighted by Crippen LogP contribution is 2.25. The van der Waals surface area contributed by atoms with Gasteiger partial charge in [-0.2, -0.15) is 0 Å². The zero-order chi connectivity index (χ0) is 17.4. The van der Waals surface area contributed by atoms with Gasteiger partial charge in [0.2, 0.25) is 10.0 Å². The Morgan fingerprint density at radius 3 is 2.54 bits per heavy atom. The third kappa shape index (κ3) is 6.51. The lowest BCUT2D eigenvalue weighted by Gasteiger charge is -2.12. The molecule has 2 rings (SSSR count). The van der Waals surface area contributed by atoms with E-state index in [4.69, 9.17) is 11.6 Å². The average Bonchev–Trinajstić information content (AvgIpc) is 3.01. The second-order valence-corrected chi connectivity index (χ2v) is 9.05. The molecule has 24 heavy (non-hydrogen) atoms. The molecule has 1 atom stereocenters. The molecule has 8 heteroatoms. The summed E-state index contributed by atoms with van der Waals surface area (Å²) in [6.07, 6.45) is 1.02. The minimum atomic E-state index is -3.50. The fourth-order valence-electron chi connectivity index (χ4n) is 2.14. The number of nitrogens with one attached hydrogen (secondary N) is 2. The number of benzene rings is 1. The molecular formula is C16H21ClN2O3S2. The number of aliphatic hydroxyl groups is 1. The molecule has 5 nitrogen and oxygen atoms in total. The summed E-state index contributed by atoms with van der Waals surface area (Å²) in [6.45, 7) is 1.13. The zero-order valence-electron chi connectivity index (χ0n) is 13.1. The van der Waals surface area contributed by atoms with E-state index in [1.807, 2.05) is 30.3 Å². The van der Waals surface area contributed by atoms with Crippen LogP contribution in [0.5, 0.6) is 0 Å². The van der Waals surface area contributed by atoms with E-state index in [0.29, 0.717) is 23.8 Å². The molecular weight excluding hydrogens is 368 g/mol. The first kappa shape index (κ1) is 19.4. The minimum Gasteiger partial charge on any atom is -0.392 e. The summed E-state index contributed by atoms with van der Waals surface area (Å²) in [7, 11) is -3.50. The van der Waals surface area contributed by atoms with Crippen molar-refractivity contribution in [1.29, 1.82) is 0 Å². The molecule has 0 bridgehead atoms. The highest BCUT2D eigenvalue weighted by molar-refractivity contribution is 7.91. The molecule has 0 aliphatic rings. The van der Waals surface area contributed by atoms with Crippen LogP contribution in [-0.2, 0) is 16.4 Å². The largest absolute Gasteiger partial charge is 0.392 e. The molecule has 3 N–H and O–H groups in total. The monoisotopic (exact) mass is 388 g/mol. The van der Waals surface area contributed by atoms with Gasteiger partial charge in [-0.25, -0.2) is 13.1 Å². The van der Waals surface area contributed by atoms with Crippen LogP contribution in [0.2, 0.25) is 4.34 Å². The summed E-state index contributed by atoms with van der Waals surface area (Å²) >= 11 is 6.77. The van der Waals surface area contributed by atoms with E-state index in [0.717, 1.165) is 17.8 Å². The lowest BCUT2D eigenvalue weighted by molar-refractivity contribution is 0.162. The van der Waals surface area contributed by atoms with Gasteiger partial charge in [0.25, 0.3) is 0 Å². The first-order chi connectivity index (χ1) is 11.5. The van der Waals surface area contributed by atoms with E-state index in [1.165, 1.54) is 11.6 Å². The Labute approximate surface area is 151 Å². The third-order valence-corrected chi connectivity index (χ3v) is 6.58. The van der Waals surface area contributed by atoms with E-state index in [2.05, 4.69) is 10.0 Å². The lowest BCUT2D eigenvalue weighted by Crippen LogP contribution is -2.35. The van der Waals surface area contributed by atoms with Crippen LogP contribution < -0.4 is 10.0 Å². The van der Waals surface area contributed by atoms with Gasteiger partial charge in [0.15, 0.2) is 0 Å². The number of aliphatic hydroxyl groups excluding tert-OH is 1. The third-order valence-electron chi connectivity index (χ3n) is 3.40. The SMILES string of the molecule is O=S(=O)(NCCNCC(O)CCc1ccccc1)c1ccc(Cl)s1. The lowest BCUT2D eigenvalue weighted by atomic mass is 10.1. The molecule has 1 unspecified atom stereocenters. The maximum Gasteiger partial charge on any atom is 0.250 e. The van der Waals surface area contributed by atoms with Gasteiger partial charge in [0, 0.05) is 19.6 Å². The van der Waals surface area contributed by atoms with Crippen LogP contribution in [0.1, 0.15) is 12.0 Å². The van der Waals surface area contributed by atoms with Gasteiger partial charge >= 0.3 is 0 Å². The predicted octanol–water partition coefficient (Wildman–Crippen LogP) is 2.26. The number of thiophene rings is 1. The van der Waals surface area contributed by atoms with Crippen molar-refractivity contribution >= 4 is 33.0 Å². The van der Waals surface area contributed by atoms with Crippen LogP contribution in [0.3, 0.4) is 0 Å². The second kappa shape index (κ2) is 9.50. The summed E-state index contributed by atoms with van der Waals surface area (Å²) < 4.78 is 27.1. The van der Waals surface area contributed by atoms with Gasteiger partial charge in [0.05, 0.1) is 10.4 Å². The normalized spacial score (nSPS) is 13.1. The molecule has 1 aromatic heterocycles. The predicted molar refractivity (Wildman–Crippen MR) is 98.2 cm³/mol. The standard InChI is InChI=1S/C16H21ClN2O3S2/c17-15-8-9-16(23-15)24(21,22)19-11-10-18-12-14(20)7-6-13-4-2-1-3-5-13/h1-5,8-9,14,18-20H,6-7,10-12H2. The van der Waals surface area contributed by atoms with Crippen LogP contribution in [0.25, 0.3) is 0 Å². The van der Waals surface area contributed by atoms with E-state index in [1.54, 1.807) is 6.07 Å². The number of hydrogen-bond acceptors (Lipinski definition) is 5. The van der Waals surface area contributed by atoms with Gasteiger partial charge in [-0.15, -0.1) is 11.3 Å². The Morgan fingerprint density at radius 2 is 1.88 bits per heavy atom. The number of hydrogen-bond donors (Lipinski definition) is 3. The van der Waals surface area contributed by atoms with Crippen molar-refractivity contribution in [2.75, 3.05) is 19.6 Å². The summed E-state index contributed by atoms with van der Waals surface area (Å²) in [5.41, 5.74) is 1.19. The van der Waals surface area contributed by atoms with Crippen molar-refractivity contribution in [1.82, 2.24) is 10.0 Å². The molecule has 0 amide bonds. The van der Waals surface area contributed by atoms with Gasteiger partial charge in [0.1, 0.15) is 4.21 Å². The number of halogens is 1. The van der Waals surface area contributed by atoms with Crippen LogP contribution in [0.4, 0.5) is 0 Å². The summed E-state index contributed by atoms with van der Waals surface area (Å²) in [4.78, 5) is 0. The highest BCUT2D eigenvalue weighted by Gasteiger charge is 2.15. The summed E-state index contributed by atoms with van der Waals surface area (Å²) in [5, 5.41) is 13.0. The van der Waals surface area contributed by atoms with E-state index in [-0.39, 0.29) is 10.8 Å². The van der Waals surface area contributed by atoms with Crippen molar-refractivity contribution in [3.63, 3.8) is 0 Å². The van der Waals surface area contributed by atoms with Crippen molar-refractivity contribution in [2.45, 2.75) is 23.2 Å². The first-order valence-corrected chi connectivity index (χ1v) is 10.3. The molecule has 1 heterocycles. The molecule has 132 valence electrons. The minimum absolute atomic E-state index is 0.204. The highest BCUT2D eigenvalue weighted by atomic mass is 35.5. The van der Waals surface area contributed by atoms with E-state index in [9.17, 15) is 13.5 Å². The fraction of sp³-hybridized carbons (Fsp3) is 0.375. The maximum absolute atomic E-state index is 12.0. The molecule has 1 aromatic carbocycles. The Bertz CT molecular complexity index is 720. The molecule has 0 aliphatic carbocycles. The Hall–Kier alpha value is -0.960. The van der Waals surface area contributed by atoms with Gasteiger partial charge in [-0.05, 0) is 30.5 Å². The molecule has 0 aliphatic heterocycles. The number of sulfonamides is 1. The van der Waals surface area contributed by atoms with Crippen LogP contribution in [0.15, 0.2) is 46.7 Å². The molecule has 0 saturated heterocycles. The van der Waals surface area contributed by atoms with Gasteiger partial charge < -0.3 is 10.4 Å². The molecule has 0 fully saturated rings. The van der Waals surface area contributed by atoms with Crippen LogP contribution in [-0.4, -0.2) is 39.3 Å². The Kier molecular flexibility index (Phi) is 7.67. The average molecular weight is 389 g/mol. The van der Waals surface area contributed by atoms with Crippen LogP contribution in [0, 0.1) is 0 Å². The topological polar surface area (TPSA) is 78.4 Å². The number of aryl methyl sites for hydroxylation is 1. The molecule has 0 spiro atoms. The Morgan fingerprint density at radius 1 is 1.12 bits per heavy atom. The van der Waals surface area contributed by atoms with E-state index < -0.39 is 16.1 Å². The Balaban J connectivity index is 1.61. The number of rotatable bonds is 10. The van der Waals surface area contributed by atoms with Crippen molar-refractivity contribution in [3.8, 4) is 0 Å². The maximum atomic E-state index is 12.0.